The monoisotopic (exact) mass is 497 g/mol. The summed E-state index contributed by atoms with van der Waals surface area (Å²) in [6.07, 6.45) is 7.06. The van der Waals surface area contributed by atoms with E-state index in [9.17, 15) is 18.0 Å². The zero-order valence-electron chi connectivity index (χ0n) is 20.5. The van der Waals surface area contributed by atoms with Gasteiger partial charge in [-0.3, -0.25) is 14.3 Å². The summed E-state index contributed by atoms with van der Waals surface area (Å²) in [6.45, 7) is 4.48. The predicted molar refractivity (Wildman–Crippen MR) is 137 cm³/mol. The molecule has 0 bridgehead atoms. The van der Waals surface area contributed by atoms with E-state index in [0.29, 0.717) is 18.7 Å². The molecule has 2 amide bonds. The molecule has 0 aromatic heterocycles. The number of carbonyl (C=O) groups excluding carboxylic acids is 2. The Hall–Kier alpha value is -2.87. The fourth-order valence-corrected chi connectivity index (χ4v) is 6.48. The molecule has 1 saturated heterocycles. The van der Waals surface area contributed by atoms with Crippen LogP contribution in [0.5, 0.6) is 0 Å². The predicted octanol–water partition coefficient (Wildman–Crippen LogP) is 4.41. The fourth-order valence-electron chi connectivity index (χ4n) is 5.07. The van der Waals surface area contributed by atoms with E-state index in [0.717, 1.165) is 44.1 Å². The van der Waals surface area contributed by atoms with Gasteiger partial charge in [0.2, 0.25) is 5.91 Å². The molecule has 0 spiro atoms. The lowest BCUT2D eigenvalue weighted by Crippen LogP contribution is -2.48. The van der Waals surface area contributed by atoms with E-state index in [1.54, 1.807) is 48.2 Å². The summed E-state index contributed by atoms with van der Waals surface area (Å²) in [5.74, 6) is -0.480. The molecule has 1 atom stereocenters. The molecule has 35 heavy (non-hydrogen) atoms. The van der Waals surface area contributed by atoms with Gasteiger partial charge in [0.05, 0.1) is 22.1 Å². The maximum absolute atomic E-state index is 13.5. The molecular weight excluding hydrogens is 462 g/mol. The number of likely N-dealkylation sites (tertiary alicyclic amines) is 1. The molecule has 1 aliphatic heterocycles. The van der Waals surface area contributed by atoms with Crippen LogP contribution in [0.3, 0.4) is 0 Å². The molecule has 4 rings (SSSR count). The second-order valence-corrected chi connectivity index (χ2v) is 11.5. The molecule has 1 heterocycles. The van der Waals surface area contributed by atoms with E-state index in [-0.39, 0.29) is 39.9 Å². The first-order chi connectivity index (χ1) is 16.7. The molecule has 0 radical (unpaired) electrons. The maximum atomic E-state index is 13.5. The summed E-state index contributed by atoms with van der Waals surface area (Å²) in [6, 6.07) is 12.2. The third-order valence-corrected chi connectivity index (χ3v) is 8.57. The van der Waals surface area contributed by atoms with Crippen LogP contribution in [0.15, 0.2) is 47.4 Å². The van der Waals surface area contributed by atoms with Gasteiger partial charge in [0, 0.05) is 19.1 Å². The summed E-state index contributed by atoms with van der Waals surface area (Å²) >= 11 is 0. The van der Waals surface area contributed by atoms with Gasteiger partial charge in [-0.25, -0.2) is 8.42 Å². The lowest BCUT2D eigenvalue weighted by Gasteiger charge is -2.34. The number of benzene rings is 2. The highest BCUT2D eigenvalue weighted by Gasteiger charge is 2.31. The van der Waals surface area contributed by atoms with Gasteiger partial charge in [-0.15, -0.1) is 0 Å². The first-order valence-electron chi connectivity index (χ1n) is 12.5. The highest BCUT2D eigenvalue weighted by atomic mass is 32.2. The zero-order chi connectivity index (χ0) is 25.0. The maximum Gasteiger partial charge on any atom is 0.262 e. The number of hydrogen-bond donors (Lipinski definition) is 2. The molecule has 1 unspecified atom stereocenters. The molecule has 8 heteroatoms. The smallest absolute Gasteiger partial charge is 0.262 e. The third kappa shape index (κ3) is 6.04. The third-order valence-electron chi connectivity index (χ3n) is 7.07. The van der Waals surface area contributed by atoms with E-state index in [2.05, 4.69) is 10.0 Å². The number of piperidine rings is 1. The van der Waals surface area contributed by atoms with Gasteiger partial charge in [0.15, 0.2) is 0 Å². The number of hydrogen-bond acceptors (Lipinski definition) is 4. The number of sulfonamides is 1. The average molecular weight is 498 g/mol. The Balaban J connectivity index is 1.49. The Morgan fingerprint density at radius 2 is 1.69 bits per heavy atom. The van der Waals surface area contributed by atoms with Crippen LogP contribution in [-0.4, -0.2) is 44.3 Å². The normalized spacial score (nSPS) is 19.3. The van der Waals surface area contributed by atoms with E-state index in [1.807, 2.05) is 13.0 Å². The molecule has 2 aromatic rings. The minimum atomic E-state index is -3.88. The quantitative estimate of drug-likeness (QED) is 0.618. The van der Waals surface area contributed by atoms with Gasteiger partial charge >= 0.3 is 0 Å². The molecule has 2 aromatic carbocycles. The summed E-state index contributed by atoms with van der Waals surface area (Å²) < 4.78 is 29.0. The first kappa shape index (κ1) is 25.2. The van der Waals surface area contributed by atoms with Crippen LogP contribution in [0.2, 0.25) is 0 Å². The number of aryl methyl sites for hydroxylation is 2. The largest absolute Gasteiger partial charge is 0.353 e. The number of anilines is 1. The van der Waals surface area contributed by atoms with Crippen molar-refractivity contribution in [2.45, 2.75) is 69.7 Å². The molecule has 2 fully saturated rings. The number of rotatable bonds is 6. The Labute approximate surface area is 208 Å². The van der Waals surface area contributed by atoms with E-state index in [4.69, 9.17) is 0 Å². The van der Waals surface area contributed by atoms with Crippen molar-refractivity contribution in [3.63, 3.8) is 0 Å². The van der Waals surface area contributed by atoms with E-state index < -0.39 is 10.0 Å². The highest BCUT2D eigenvalue weighted by Crippen LogP contribution is 2.26. The number of nitrogens with zero attached hydrogens (tertiary/aromatic N) is 1. The van der Waals surface area contributed by atoms with Crippen LogP contribution >= 0.6 is 0 Å². The molecule has 7 nitrogen and oxygen atoms in total. The van der Waals surface area contributed by atoms with Crippen molar-refractivity contribution in [1.29, 1.82) is 0 Å². The van der Waals surface area contributed by atoms with Gasteiger partial charge < -0.3 is 10.2 Å². The Morgan fingerprint density at radius 1 is 0.943 bits per heavy atom. The second kappa shape index (κ2) is 10.8. The van der Waals surface area contributed by atoms with Crippen LogP contribution in [0.25, 0.3) is 0 Å². The lowest BCUT2D eigenvalue weighted by molar-refractivity contribution is -0.127. The van der Waals surface area contributed by atoms with Crippen LogP contribution in [-0.2, 0) is 14.8 Å². The Bertz CT molecular complexity index is 1190. The van der Waals surface area contributed by atoms with Gasteiger partial charge in [0.1, 0.15) is 0 Å². The zero-order valence-corrected chi connectivity index (χ0v) is 21.4. The topological polar surface area (TPSA) is 95.6 Å². The van der Waals surface area contributed by atoms with Crippen molar-refractivity contribution < 1.29 is 18.0 Å². The molecule has 1 saturated carbocycles. The fraction of sp³-hybridized carbons (Fsp3) is 0.481. The highest BCUT2D eigenvalue weighted by molar-refractivity contribution is 7.92. The van der Waals surface area contributed by atoms with Crippen molar-refractivity contribution >= 4 is 27.5 Å². The Kier molecular flexibility index (Phi) is 7.79. The van der Waals surface area contributed by atoms with Crippen LogP contribution in [0, 0.1) is 19.8 Å². The van der Waals surface area contributed by atoms with Crippen molar-refractivity contribution in [3.8, 4) is 0 Å². The second-order valence-electron chi connectivity index (χ2n) is 9.85. The number of para-hydroxylation sites is 1. The van der Waals surface area contributed by atoms with Gasteiger partial charge in [-0.2, -0.15) is 0 Å². The van der Waals surface area contributed by atoms with Gasteiger partial charge in [0.25, 0.3) is 15.9 Å². The minimum Gasteiger partial charge on any atom is -0.353 e. The number of amides is 2. The van der Waals surface area contributed by atoms with Gasteiger partial charge in [-0.05, 0) is 68.9 Å². The van der Waals surface area contributed by atoms with Crippen LogP contribution in [0.1, 0.15) is 66.4 Å². The van der Waals surface area contributed by atoms with Crippen molar-refractivity contribution in [3.05, 3.63) is 59.2 Å². The summed E-state index contributed by atoms with van der Waals surface area (Å²) in [4.78, 5) is 28.3. The first-order valence-corrected chi connectivity index (χ1v) is 14.0. The summed E-state index contributed by atoms with van der Waals surface area (Å²) in [5.41, 5.74) is 2.00. The average Bonchev–Trinajstić information content (AvgIpc) is 2.86. The van der Waals surface area contributed by atoms with Crippen molar-refractivity contribution in [1.82, 2.24) is 10.2 Å². The lowest BCUT2D eigenvalue weighted by atomic mass is 9.92. The van der Waals surface area contributed by atoms with Gasteiger partial charge in [-0.1, -0.05) is 43.5 Å². The summed E-state index contributed by atoms with van der Waals surface area (Å²) in [5, 5.41) is 3.19. The summed E-state index contributed by atoms with van der Waals surface area (Å²) in [7, 11) is -3.88. The van der Waals surface area contributed by atoms with Crippen molar-refractivity contribution in [2.24, 2.45) is 5.92 Å². The molecule has 2 aliphatic rings. The van der Waals surface area contributed by atoms with Crippen LogP contribution < -0.4 is 10.0 Å². The Morgan fingerprint density at radius 3 is 2.46 bits per heavy atom. The molecule has 188 valence electrons. The molecule has 1 aliphatic carbocycles. The number of carbonyl (C=O) groups is 2. The van der Waals surface area contributed by atoms with E-state index >= 15 is 0 Å². The minimum absolute atomic E-state index is 0.0262. The van der Waals surface area contributed by atoms with Crippen LogP contribution in [0.4, 0.5) is 5.69 Å². The SMILES string of the molecule is Cc1ccc(C)c(S(=O)(=O)Nc2ccccc2C(=O)N2CCCC(C(=O)NC3CCCCC3)C2)c1. The standard InChI is InChI=1S/C27H35N3O4S/c1-19-14-15-20(2)25(17-19)35(33,34)29-24-13-7-6-12-23(24)27(32)30-16-8-9-21(18-30)26(31)28-22-10-4-3-5-11-22/h6-7,12-15,17,21-22,29H,3-5,8-11,16,18H2,1-2H3,(H,28,31). The number of nitrogens with one attached hydrogen (secondary N) is 2. The molecular formula is C27H35N3O4S. The molecule has 2 N–H and O–H groups in total. The van der Waals surface area contributed by atoms with E-state index in [1.165, 1.54) is 6.42 Å². The van der Waals surface area contributed by atoms with Crippen molar-refractivity contribution in [2.75, 3.05) is 17.8 Å².